The quantitative estimate of drug-likeness (QED) is 0.878. The van der Waals surface area contributed by atoms with Gasteiger partial charge in [0.05, 0.1) is 11.1 Å². The molecule has 2 atom stereocenters. The van der Waals surface area contributed by atoms with Crippen LogP contribution in [0.3, 0.4) is 0 Å². The Bertz CT molecular complexity index is 449. The van der Waals surface area contributed by atoms with Crippen molar-refractivity contribution in [2.24, 2.45) is 5.73 Å². The minimum Gasteiger partial charge on any atom is -0.490 e. The Balaban J connectivity index is 1.95. The van der Waals surface area contributed by atoms with E-state index in [0.29, 0.717) is 23.8 Å². The first kappa shape index (κ1) is 13.2. The van der Waals surface area contributed by atoms with Gasteiger partial charge in [-0.3, -0.25) is 4.79 Å². The summed E-state index contributed by atoms with van der Waals surface area (Å²) in [5.74, 6) is 0.712. The molecule has 1 aliphatic heterocycles. The summed E-state index contributed by atoms with van der Waals surface area (Å²) in [4.78, 5) is 11.0. The molecule has 0 aliphatic carbocycles. The molecule has 1 fully saturated rings. The van der Waals surface area contributed by atoms with Crippen molar-refractivity contribution in [2.45, 2.75) is 31.8 Å². The van der Waals surface area contributed by atoms with Gasteiger partial charge in [0.25, 0.3) is 0 Å². The van der Waals surface area contributed by atoms with Crippen LogP contribution >= 0.6 is 11.6 Å². The molecule has 4 nitrogen and oxygen atoms in total. The first-order valence-corrected chi connectivity index (χ1v) is 6.41. The lowest BCUT2D eigenvalue weighted by Gasteiger charge is -2.14. The molecular formula is C13H17ClN2O2. The van der Waals surface area contributed by atoms with Crippen LogP contribution in [0.5, 0.6) is 5.75 Å². The first-order valence-electron chi connectivity index (χ1n) is 6.03. The number of rotatable bonds is 4. The molecule has 1 heterocycles. The number of ether oxygens (including phenoxy) is 1. The Kier molecular flexibility index (Phi) is 4.09. The summed E-state index contributed by atoms with van der Waals surface area (Å²) in [6.45, 7) is 2.35. The highest BCUT2D eigenvalue weighted by atomic mass is 35.5. The molecule has 1 aliphatic rings. The van der Waals surface area contributed by atoms with Crippen LogP contribution in [0.2, 0.25) is 5.02 Å². The third-order valence-corrected chi connectivity index (χ3v) is 3.30. The molecule has 5 heteroatoms. The average molecular weight is 269 g/mol. The van der Waals surface area contributed by atoms with Gasteiger partial charge in [-0.05, 0) is 31.0 Å². The van der Waals surface area contributed by atoms with Crippen molar-refractivity contribution in [3.8, 4) is 5.75 Å². The van der Waals surface area contributed by atoms with Gasteiger partial charge in [-0.15, -0.1) is 0 Å². The lowest BCUT2D eigenvalue weighted by molar-refractivity contribution is -0.119. The van der Waals surface area contributed by atoms with Crippen molar-refractivity contribution in [1.82, 2.24) is 5.32 Å². The SMILES string of the molecule is C[C@@H](N)c1ccc(OCC2CCC(=O)N2)c(Cl)c1. The Labute approximate surface area is 111 Å². The Morgan fingerprint density at radius 3 is 2.94 bits per heavy atom. The zero-order valence-electron chi connectivity index (χ0n) is 10.3. The molecule has 0 radical (unpaired) electrons. The highest BCUT2D eigenvalue weighted by molar-refractivity contribution is 6.32. The number of carbonyl (C=O) groups is 1. The second-order valence-corrected chi connectivity index (χ2v) is 5.00. The molecule has 1 unspecified atom stereocenters. The van der Waals surface area contributed by atoms with Gasteiger partial charge >= 0.3 is 0 Å². The Hall–Kier alpha value is -1.26. The highest BCUT2D eigenvalue weighted by Crippen LogP contribution is 2.27. The lowest BCUT2D eigenvalue weighted by atomic mass is 10.1. The van der Waals surface area contributed by atoms with Crippen LogP contribution in [0.25, 0.3) is 0 Å². The van der Waals surface area contributed by atoms with E-state index >= 15 is 0 Å². The maximum atomic E-state index is 11.0. The van der Waals surface area contributed by atoms with Crippen molar-refractivity contribution < 1.29 is 9.53 Å². The van der Waals surface area contributed by atoms with Crippen molar-refractivity contribution in [1.29, 1.82) is 0 Å². The topological polar surface area (TPSA) is 64.3 Å². The number of nitrogens with one attached hydrogen (secondary N) is 1. The monoisotopic (exact) mass is 268 g/mol. The summed E-state index contributed by atoms with van der Waals surface area (Å²) in [7, 11) is 0. The van der Waals surface area contributed by atoms with Crippen LogP contribution in [-0.4, -0.2) is 18.6 Å². The van der Waals surface area contributed by atoms with Gasteiger partial charge in [0.15, 0.2) is 0 Å². The number of benzene rings is 1. The van der Waals surface area contributed by atoms with Gasteiger partial charge in [-0.1, -0.05) is 17.7 Å². The fourth-order valence-electron chi connectivity index (χ4n) is 1.91. The predicted molar refractivity (Wildman–Crippen MR) is 70.7 cm³/mol. The zero-order chi connectivity index (χ0) is 13.1. The highest BCUT2D eigenvalue weighted by Gasteiger charge is 2.21. The van der Waals surface area contributed by atoms with Crippen LogP contribution in [0.1, 0.15) is 31.4 Å². The van der Waals surface area contributed by atoms with Gasteiger partial charge in [0.1, 0.15) is 12.4 Å². The molecule has 1 saturated heterocycles. The summed E-state index contributed by atoms with van der Waals surface area (Å²) in [6.07, 6.45) is 1.39. The van der Waals surface area contributed by atoms with Crippen LogP contribution in [0.4, 0.5) is 0 Å². The van der Waals surface area contributed by atoms with Gasteiger partial charge in [0, 0.05) is 12.5 Å². The van der Waals surface area contributed by atoms with Gasteiger partial charge in [-0.2, -0.15) is 0 Å². The number of nitrogens with two attached hydrogens (primary N) is 1. The van der Waals surface area contributed by atoms with Crippen molar-refractivity contribution in [3.63, 3.8) is 0 Å². The van der Waals surface area contributed by atoms with E-state index in [-0.39, 0.29) is 18.0 Å². The van der Waals surface area contributed by atoms with E-state index in [2.05, 4.69) is 5.32 Å². The van der Waals surface area contributed by atoms with Crippen molar-refractivity contribution >= 4 is 17.5 Å². The average Bonchev–Trinajstić information content (AvgIpc) is 2.73. The molecule has 98 valence electrons. The molecule has 0 spiro atoms. The first-order chi connectivity index (χ1) is 8.56. The second kappa shape index (κ2) is 5.59. The molecule has 18 heavy (non-hydrogen) atoms. The van der Waals surface area contributed by atoms with E-state index in [1.807, 2.05) is 25.1 Å². The summed E-state index contributed by atoms with van der Waals surface area (Å²) < 4.78 is 5.62. The second-order valence-electron chi connectivity index (χ2n) is 4.59. The van der Waals surface area contributed by atoms with Crippen LogP contribution in [0.15, 0.2) is 18.2 Å². The van der Waals surface area contributed by atoms with Crippen LogP contribution < -0.4 is 15.8 Å². The summed E-state index contributed by atoms with van der Waals surface area (Å²) >= 11 is 6.12. The Morgan fingerprint density at radius 2 is 2.39 bits per heavy atom. The standard InChI is InChI=1S/C13H17ClN2O2/c1-8(15)9-2-4-12(11(14)6-9)18-7-10-3-5-13(17)16-10/h2,4,6,8,10H,3,5,7,15H2,1H3,(H,16,17)/t8-,10?/m1/s1. The Morgan fingerprint density at radius 1 is 1.61 bits per heavy atom. The summed E-state index contributed by atoms with van der Waals surface area (Å²) in [5, 5.41) is 3.40. The molecule has 2 rings (SSSR count). The van der Waals surface area contributed by atoms with E-state index < -0.39 is 0 Å². The van der Waals surface area contributed by atoms with E-state index in [4.69, 9.17) is 22.1 Å². The fourth-order valence-corrected chi connectivity index (χ4v) is 2.15. The van der Waals surface area contributed by atoms with Crippen molar-refractivity contribution in [3.05, 3.63) is 28.8 Å². The van der Waals surface area contributed by atoms with Crippen LogP contribution in [0, 0.1) is 0 Å². The third-order valence-electron chi connectivity index (χ3n) is 3.01. The van der Waals surface area contributed by atoms with Gasteiger partial charge in [-0.25, -0.2) is 0 Å². The zero-order valence-corrected chi connectivity index (χ0v) is 11.0. The van der Waals surface area contributed by atoms with E-state index in [1.165, 1.54) is 0 Å². The summed E-state index contributed by atoms with van der Waals surface area (Å²) in [6, 6.07) is 5.57. The number of halogens is 1. The van der Waals surface area contributed by atoms with E-state index in [9.17, 15) is 4.79 Å². The molecule has 1 aromatic rings. The maximum Gasteiger partial charge on any atom is 0.220 e. The number of hydrogen-bond donors (Lipinski definition) is 2. The lowest BCUT2D eigenvalue weighted by Crippen LogP contribution is -2.30. The normalized spacial score (nSPS) is 20.6. The molecular weight excluding hydrogens is 252 g/mol. The molecule has 0 bridgehead atoms. The maximum absolute atomic E-state index is 11.0. The minimum atomic E-state index is -0.0503. The van der Waals surface area contributed by atoms with E-state index in [1.54, 1.807) is 0 Å². The summed E-state index contributed by atoms with van der Waals surface area (Å²) in [5.41, 5.74) is 6.75. The van der Waals surface area contributed by atoms with Gasteiger partial charge in [0.2, 0.25) is 5.91 Å². The van der Waals surface area contributed by atoms with Crippen LogP contribution in [-0.2, 0) is 4.79 Å². The molecule has 3 N–H and O–H groups in total. The number of carbonyl (C=O) groups excluding carboxylic acids is 1. The largest absolute Gasteiger partial charge is 0.490 e. The number of hydrogen-bond acceptors (Lipinski definition) is 3. The van der Waals surface area contributed by atoms with E-state index in [0.717, 1.165) is 12.0 Å². The molecule has 1 aromatic carbocycles. The molecule has 0 aromatic heterocycles. The number of amides is 1. The molecule has 0 saturated carbocycles. The third kappa shape index (κ3) is 3.15. The predicted octanol–water partition coefficient (Wildman–Crippen LogP) is 2.02. The fraction of sp³-hybridized carbons (Fsp3) is 0.462. The smallest absolute Gasteiger partial charge is 0.220 e. The van der Waals surface area contributed by atoms with Crippen molar-refractivity contribution in [2.75, 3.05) is 6.61 Å². The minimum absolute atomic E-state index is 0.0503. The van der Waals surface area contributed by atoms with Gasteiger partial charge < -0.3 is 15.8 Å². The molecule has 1 amide bonds.